The third kappa shape index (κ3) is 3.46. The van der Waals surface area contributed by atoms with Crippen molar-refractivity contribution in [3.8, 4) is 6.01 Å². The van der Waals surface area contributed by atoms with E-state index < -0.39 is 0 Å². The number of imidazole rings is 1. The van der Waals surface area contributed by atoms with E-state index in [1.807, 2.05) is 24.3 Å². The van der Waals surface area contributed by atoms with Crippen molar-refractivity contribution in [2.75, 3.05) is 20.2 Å². The summed E-state index contributed by atoms with van der Waals surface area (Å²) in [6.45, 7) is 4.57. The fourth-order valence-electron chi connectivity index (χ4n) is 4.02. The highest BCUT2D eigenvalue weighted by atomic mass is 32.2. The van der Waals surface area contributed by atoms with Gasteiger partial charge in [0.2, 0.25) is 0 Å². The summed E-state index contributed by atoms with van der Waals surface area (Å²) >= 11 is 1.55. The Labute approximate surface area is 157 Å². The highest BCUT2D eigenvalue weighted by Gasteiger charge is 2.40. The van der Waals surface area contributed by atoms with Gasteiger partial charge in [0.15, 0.2) is 0 Å². The van der Waals surface area contributed by atoms with E-state index in [0.29, 0.717) is 23.5 Å². The van der Waals surface area contributed by atoms with Gasteiger partial charge in [0, 0.05) is 22.5 Å². The molecule has 4 heterocycles. The van der Waals surface area contributed by atoms with E-state index in [1.165, 1.54) is 25.9 Å². The molecule has 3 aliphatic heterocycles. The summed E-state index contributed by atoms with van der Waals surface area (Å²) in [5.74, 6) is 0.638. The van der Waals surface area contributed by atoms with Gasteiger partial charge in [0.1, 0.15) is 0 Å². The standard InChI is InChI=1S/C19H24N4O2S/c1-12-17(13-7-9-23(12)10-8-13)22-18(24)14-3-5-15(6-4-14)26-16-11-20-19(21-16)25-2/h3-6,11-13,17H,7-10H2,1-2H3,(H,20,21)(H,22,24)/t12-,17-/m0/s1. The van der Waals surface area contributed by atoms with E-state index >= 15 is 0 Å². The number of amides is 1. The molecule has 26 heavy (non-hydrogen) atoms. The van der Waals surface area contributed by atoms with Crippen LogP contribution < -0.4 is 10.1 Å². The first kappa shape index (κ1) is 17.4. The molecule has 3 saturated heterocycles. The number of carbonyl (C=O) groups is 1. The lowest BCUT2D eigenvalue weighted by atomic mass is 9.79. The average molecular weight is 372 g/mol. The summed E-state index contributed by atoms with van der Waals surface area (Å²) in [6.07, 6.45) is 4.12. The quantitative estimate of drug-likeness (QED) is 0.845. The molecule has 3 fully saturated rings. The number of benzene rings is 1. The van der Waals surface area contributed by atoms with Crippen LogP contribution in [-0.2, 0) is 0 Å². The van der Waals surface area contributed by atoms with Gasteiger partial charge in [-0.15, -0.1) is 0 Å². The van der Waals surface area contributed by atoms with Gasteiger partial charge in [-0.25, -0.2) is 4.98 Å². The van der Waals surface area contributed by atoms with Crippen molar-refractivity contribution in [3.05, 3.63) is 36.0 Å². The molecule has 6 nitrogen and oxygen atoms in total. The summed E-state index contributed by atoms with van der Waals surface area (Å²) in [6, 6.07) is 8.89. The Morgan fingerprint density at radius 2 is 2.04 bits per heavy atom. The Balaban J connectivity index is 1.39. The van der Waals surface area contributed by atoms with Crippen molar-refractivity contribution in [1.29, 1.82) is 0 Å². The number of rotatable bonds is 5. The monoisotopic (exact) mass is 372 g/mol. The van der Waals surface area contributed by atoms with Crippen molar-refractivity contribution in [2.45, 2.75) is 41.8 Å². The van der Waals surface area contributed by atoms with Crippen molar-refractivity contribution in [1.82, 2.24) is 20.2 Å². The van der Waals surface area contributed by atoms with Gasteiger partial charge in [-0.05, 0) is 63.0 Å². The molecule has 0 spiro atoms. The minimum absolute atomic E-state index is 0.0235. The lowest BCUT2D eigenvalue weighted by Crippen LogP contribution is -2.62. The second-order valence-electron chi connectivity index (χ2n) is 7.00. The smallest absolute Gasteiger partial charge is 0.294 e. The minimum Gasteiger partial charge on any atom is -0.468 e. The summed E-state index contributed by atoms with van der Waals surface area (Å²) in [5, 5.41) is 4.18. The van der Waals surface area contributed by atoms with Gasteiger partial charge in [0.05, 0.1) is 18.3 Å². The number of methoxy groups -OCH3 is 1. The van der Waals surface area contributed by atoms with Crippen LogP contribution in [0.1, 0.15) is 30.1 Å². The van der Waals surface area contributed by atoms with Gasteiger partial charge in [0.25, 0.3) is 11.9 Å². The first-order valence-corrected chi connectivity index (χ1v) is 9.87. The van der Waals surface area contributed by atoms with Crippen molar-refractivity contribution in [2.24, 2.45) is 5.92 Å². The number of fused-ring (bicyclic) bond motifs is 3. The van der Waals surface area contributed by atoms with Gasteiger partial charge < -0.3 is 15.0 Å². The zero-order valence-electron chi connectivity index (χ0n) is 15.1. The number of hydrogen-bond acceptors (Lipinski definition) is 5. The zero-order valence-corrected chi connectivity index (χ0v) is 15.9. The number of nitrogens with zero attached hydrogens (tertiary/aromatic N) is 2. The lowest BCUT2D eigenvalue weighted by Gasteiger charge is -2.49. The largest absolute Gasteiger partial charge is 0.468 e. The van der Waals surface area contributed by atoms with Crippen LogP contribution in [0, 0.1) is 5.92 Å². The Morgan fingerprint density at radius 3 is 2.65 bits per heavy atom. The predicted octanol–water partition coefficient (Wildman–Crippen LogP) is 2.78. The molecular weight excluding hydrogens is 348 g/mol. The fourth-order valence-corrected chi connectivity index (χ4v) is 4.79. The molecule has 0 saturated carbocycles. The van der Waals surface area contributed by atoms with Crippen molar-refractivity contribution >= 4 is 17.7 Å². The Morgan fingerprint density at radius 1 is 1.31 bits per heavy atom. The molecule has 2 aromatic rings. The Kier molecular flexibility index (Phi) is 4.91. The summed E-state index contributed by atoms with van der Waals surface area (Å²) in [7, 11) is 1.58. The van der Waals surface area contributed by atoms with Crippen molar-refractivity contribution in [3.63, 3.8) is 0 Å². The summed E-state index contributed by atoms with van der Waals surface area (Å²) < 4.78 is 5.05. The highest BCUT2D eigenvalue weighted by molar-refractivity contribution is 7.99. The van der Waals surface area contributed by atoms with E-state index in [2.05, 4.69) is 27.1 Å². The molecule has 7 heteroatoms. The van der Waals surface area contributed by atoms with Crippen LogP contribution in [0.15, 0.2) is 40.4 Å². The Hall–Kier alpha value is -1.99. The highest BCUT2D eigenvalue weighted by Crippen LogP contribution is 2.32. The van der Waals surface area contributed by atoms with E-state index in [0.717, 1.165) is 9.92 Å². The van der Waals surface area contributed by atoms with E-state index in [-0.39, 0.29) is 11.9 Å². The van der Waals surface area contributed by atoms with Gasteiger partial charge in [-0.1, -0.05) is 11.8 Å². The molecule has 5 rings (SSSR count). The first-order valence-electron chi connectivity index (χ1n) is 9.06. The number of ether oxygens (including phenoxy) is 1. The summed E-state index contributed by atoms with van der Waals surface area (Å²) in [5.41, 5.74) is 0.709. The molecule has 0 aliphatic carbocycles. The maximum absolute atomic E-state index is 12.7. The van der Waals surface area contributed by atoms with Crippen molar-refractivity contribution < 1.29 is 9.53 Å². The van der Waals surface area contributed by atoms with Crippen LogP contribution >= 0.6 is 11.8 Å². The molecule has 2 N–H and O–H groups in total. The van der Waals surface area contributed by atoms with Crippen LogP contribution in [0.2, 0.25) is 0 Å². The second-order valence-corrected chi connectivity index (χ2v) is 8.11. The molecule has 1 aromatic carbocycles. The third-order valence-electron chi connectivity index (χ3n) is 5.54. The molecule has 1 amide bonds. The fraction of sp³-hybridized carbons (Fsp3) is 0.474. The zero-order chi connectivity index (χ0) is 18.1. The lowest BCUT2D eigenvalue weighted by molar-refractivity contribution is 0.0217. The Bertz CT molecular complexity index is 766. The molecule has 2 atom stereocenters. The number of carbonyl (C=O) groups excluding carboxylic acids is 1. The van der Waals surface area contributed by atoms with Crippen LogP contribution in [0.5, 0.6) is 6.01 Å². The van der Waals surface area contributed by atoms with E-state index in [9.17, 15) is 4.79 Å². The summed E-state index contributed by atoms with van der Waals surface area (Å²) in [4.78, 5) is 23.4. The molecule has 0 radical (unpaired) electrons. The number of aromatic amines is 1. The third-order valence-corrected chi connectivity index (χ3v) is 6.48. The number of H-pyrrole nitrogens is 1. The SMILES string of the molecule is COc1ncc(Sc2ccc(C(=O)N[C@@H]3C4CCN(CC4)[C@H]3C)cc2)[nH]1. The molecule has 3 aliphatic rings. The molecular formula is C19H24N4O2S. The average Bonchev–Trinajstić information content (AvgIpc) is 3.13. The van der Waals surface area contributed by atoms with E-state index in [4.69, 9.17) is 4.74 Å². The topological polar surface area (TPSA) is 70.2 Å². The number of aromatic nitrogens is 2. The normalized spacial score (nSPS) is 27.3. The first-order chi connectivity index (χ1) is 12.6. The molecule has 138 valence electrons. The second kappa shape index (κ2) is 7.32. The van der Waals surface area contributed by atoms with Crippen LogP contribution in [-0.4, -0.2) is 53.1 Å². The van der Waals surface area contributed by atoms with Gasteiger partial charge in [-0.2, -0.15) is 0 Å². The molecule has 2 bridgehead atoms. The van der Waals surface area contributed by atoms with Crippen LogP contribution in [0.3, 0.4) is 0 Å². The van der Waals surface area contributed by atoms with E-state index in [1.54, 1.807) is 25.1 Å². The maximum atomic E-state index is 12.7. The van der Waals surface area contributed by atoms with Gasteiger partial charge in [-0.3, -0.25) is 9.69 Å². The molecule has 1 aromatic heterocycles. The maximum Gasteiger partial charge on any atom is 0.294 e. The van der Waals surface area contributed by atoms with Crippen LogP contribution in [0.25, 0.3) is 0 Å². The van der Waals surface area contributed by atoms with Crippen LogP contribution in [0.4, 0.5) is 0 Å². The van der Waals surface area contributed by atoms with Gasteiger partial charge >= 0.3 is 0 Å². The predicted molar refractivity (Wildman–Crippen MR) is 101 cm³/mol. The number of piperidine rings is 3. The number of hydrogen-bond donors (Lipinski definition) is 2. The molecule has 0 unspecified atom stereocenters. The number of nitrogens with one attached hydrogen (secondary N) is 2. The minimum atomic E-state index is 0.0235.